The van der Waals surface area contributed by atoms with Crippen LogP contribution in [0.4, 0.5) is 17.2 Å². The Bertz CT molecular complexity index is 1520. The smallest absolute Gasteiger partial charge is 0.269 e. The fourth-order valence-electron chi connectivity index (χ4n) is 3.63. The number of carbonyl (C=O) groups is 1. The van der Waals surface area contributed by atoms with Gasteiger partial charge in [0.1, 0.15) is 16.8 Å². The molecule has 1 aliphatic heterocycles. The second kappa shape index (κ2) is 6.97. The fourth-order valence-corrected chi connectivity index (χ4v) is 5.12. The highest BCUT2D eigenvalue weighted by molar-refractivity contribution is 7.90. The van der Waals surface area contributed by atoms with E-state index in [1.165, 1.54) is 18.3 Å². The topological polar surface area (TPSA) is 117 Å². The van der Waals surface area contributed by atoms with Crippen molar-refractivity contribution in [1.29, 1.82) is 5.26 Å². The first-order valence-corrected chi connectivity index (χ1v) is 10.8. The number of carbonyl (C=O) groups excluding carboxylic acids is 1. The van der Waals surface area contributed by atoms with Crippen LogP contribution in [0.2, 0.25) is 0 Å². The number of rotatable bonds is 4. The summed E-state index contributed by atoms with van der Waals surface area (Å²) in [5, 5.41) is 15.9. The van der Waals surface area contributed by atoms with E-state index in [4.69, 9.17) is 0 Å². The van der Waals surface area contributed by atoms with Crippen LogP contribution in [-0.4, -0.2) is 23.3 Å². The van der Waals surface area contributed by atoms with Gasteiger partial charge in [0.25, 0.3) is 10.0 Å². The van der Waals surface area contributed by atoms with Gasteiger partial charge in [0, 0.05) is 35.2 Å². The van der Waals surface area contributed by atoms with Crippen LogP contribution >= 0.6 is 0 Å². The molecule has 0 spiro atoms. The molecule has 2 aromatic heterocycles. The van der Waals surface area contributed by atoms with Gasteiger partial charge in [0.15, 0.2) is 0 Å². The SMILES string of the molecule is N#Cc1ccccc1S(=O)(=O)n1ccc2cnc(Nc3ccc4c(c3)CC(=O)N4)cc21. The van der Waals surface area contributed by atoms with Gasteiger partial charge in [0.2, 0.25) is 5.91 Å². The van der Waals surface area contributed by atoms with Crippen molar-refractivity contribution in [2.24, 2.45) is 0 Å². The third-order valence-corrected chi connectivity index (χ3v) is 6.83. The maximum Gasteiger partial charge on any atom is 0.269 e. The van der Waals surface area contributed by atoms with Gasteiger partial charge in [-0.2, -0.15) is 5.26 Å². The average molecular weight is 429 g/mol. The van der Waals surface area contributed by atoms with Crippen LogP contribution < -0.4 is 10.6 Å². The lowest BCUT2D eigenvalue weighted by Crippen LogP contribution is -2.13. The van der Waals surface area contributed by atoms with Crippen molar-refractivity contribution in [3.8, 4) is 6.07 Å². The first-order valence-electron chi connectivity index (χ1n) is 9.37. The van der Waals surface area contributed by atoms with E-state index in [1.54, 1.807) is 30.5 Å². The predicted molar refractivity (Wildman–Crippen MR) is 116 cm³/mol. The highest BCUT2D eigenvalue weighted by Gasteiger charge is 2.23. The van der Waals surface area contributed by atoms with Crippen LogP contribution in [0.3, 0.4) is 0 Å². The minimum absolute atomic E-state index is 0.0487. The first-order chi connectivity index (χ1) is 15.0. The fraction of sp³-hybridized carbons (Fsp3) is 0.0455. The van der Waals surface area contributed by atoms with Gasteiger partial charge in [-0.25, -0.2) is 17.4 Å². The third kappa shape index (κ3) is 3.19. The van der Waals surface area contributed by atoms with Gasteiger partial charge >= 0.3 is 0 Å². The van der Waals surface area contributed by atoms with E-state index >= 15 is 0 Å². The van der Waals surface area contributed by atoms with Crippen LogP contribution in [0.15, 0.2) is 71.9 Å². The Morgan fingerprint density at radius 1 is 1.13 bits per heavy atom. The van der Waals surface area contributed by atoms with E-state index in [0.29, 0.717) is 23.1 Å². The number of hydrogen-bond donors (Lipinski definition) is 2. The lowest BCUT2D eigenvalue weighted by Gasteiger charge is -2.11. The Kier molecular flexibility index (Phi) is 4.23. The molecule has 0 atom stereocenters. The van der Waals surface area contributed by atoms with Crippen LogP contribution in [0.1, 0.15) is 11.1 Å². The number of fused-ring (bicyclic) bond motifs is 2. The van der Waals surface area contributed by atoms with Crippen LogP contribution in [0.25, 0.3) is 10.9 Å². The Morgan fingerprint density at radius 2 is 1.97 bits per heavy atom. The molecule has 0 saturated carbocycles. The normalized spacial score (nSPS) is 12.9. The molecule has 2 aromatic carbocycles. The molecule has 152 valence electrons. The molecule has 31 heavy (non-hydrogen) atoms. The second-order valence-corrected chi connectivity index (χ2v) is 8.86. The Balaban J connectivity index is 1.54. The number of hydrogen-bond acceptors (Lipinski definition) is 6. The third-order valence-electron chi connectivity index (χ3n) is 5.09. The Hall–Kier alpha value is -4.16. The van der Waals surface area contributed by atoms with Crippen LogP contribution in [-0.2, 0) is 21.2 Å². The number of anilines is 3. The zero-order valence-corrected chi connectivity index (χ0v) is 16.8. The molecule has 2 N–H and O–H groups in total. The molecule has 0 fully saturated rings. The van der Waals surface area contributed by atoms with Crippen molar-refractivity contribution in [3.05, 3.63) is 78.1 Å². The molecule has 0 aliphatic carbocycles. The van der Waals surface area contributed by atoms with Gasteiger partial charge < -0.3 is 10.6 Å². The summed E-state index contributed by atoms with van der Waals surface area (Å²) in [6, 6.07) is 16.8. The molecule has 0 saturated heterocycles. The highest BCUT2D eigenvalue weighted by Crippen LogP contribution is 2.29. The molecule has 3 heterocycles. The van der Waals surface area contributed by atoms with E-state index in [1.807, 2.05) is 24.3 Å². The van der Waals surface area contributed by atoms with Crippen molar-refractivity contribution < 1.29 is 13.2 Å². The quantitative estimate of drug-likeness (QED) is 0.514. The van der Waals surface area contributed by atoms with Crippen molar-refractivity contribution in [1.82, 2.24) is 8.96 Å². The van der Waals surface area contributed by atoms with Crippen LogP contribution in [0.5, 0.6) is 0 Å². The van der Waals surface area contributed by atoms with Crippen LogP contribution in [0, 0.1) is 11.3 Å². The molecule has 1 amide bonds. The molecule has 8 nitrogen and oxygen atoms in total. The lowest BCUT2D eigenvalue weighted by atomic mass is 10.1. The molecule has 9 heteroatoms. The zero-order chi connectivity index (χ0) is 21.6. The number of nitriles is 1. The monoisotopic (exact) mass is 429 g/mol. The second-order valence-electron chi connectivity index (χ2n) is 7.07. The van der Waals surface area contributed by atoms with Gasteiger partial charge in [-0.15, -0.1) is 0 Å². The first kappa shape index (κ1) is 18.8. The number of amides is 1. The van der Waals surface area contributed by atoms with Crippen molar-refractivity contribution in [3.63, 3.8) is 0 Å². The standard InChI is InChI=1S/C22H15N5O3S/c23-12-14-3-1-2-4-20(14)31(29,30)27-8-7-15-13-24-21(11-19(15)27)25-17-5-6-18-16(9-17)10-22(28)26-18/h1-9,11,13H,10H2,(H,24,25)(H,26,28). The molecular formula is C22H15N5O3S. The molecule has 4 aromatic rings. The number of aromatic nitrogens is 2. The number of nitrogens with zero attached hydrogens (tertiary/aromatic N) is 3. The maximum absolute atomic E-state index is 13.2. The number of benzene rings is 2. The predicted octanol–water partition coefficient (Wildman–Crippen LogP) is 3.38. The molecule has 1 aliphatic rings. The summed E-state index contributed by atoms with van der Waals surface area (Å²) < 4.78 is 27.6. The van der Waals surface area contributed by atoms with Crippen molar-refractivity contribution in [2.45, 2.75) is 11.3 Å². The van der Waals surface area contributed by atoms with Crippen molar-refractivity contribution >= 4 is 44.0 Å². The van der Waals surface area contributed by atoms with Gasteiger partial charge in [-0.1, -0.05) is 12.1 Å². The average Bonchev–Trinajstić information content (AvgIpc) is 3.36. The summed E-state index contributed by atoms with van der Waals surface area (Å²) in [4.78, 5) is 15.9. The Labute approximate surface area is 177 Å². The van der Waals surface area contributed by atoms with Gasteiger partial charge in [-0.05, 0) is 42.0 Å². The minimum atomic E-state index is -3.98. The Morgan fingerprint density at radius 3 is 2.81 bits per heavy atom. The van der Waals surface area contributed by atoms with E-state index < -0.39 is 10.0 Å². The lowest BCUT2D eigenvalue weighted by molar-refractivity contribution is -0.115. The van der Waals surface area contributed by atoms with Gasteiger partial charge in [-0.3, -0.25) is 4.79 Å². The summed E-state index contributed by atoms with van der Waals surface area (Å²) in [6.07, 6.45) is 3.35. The van der Waals surface area contributed by atoms with E-state index in [9.17, 15) is 18.5 Å². The van der Waals surface area contributed by atoms with E-state index in [2.05, 4.69) is 15.6 Å². The molecule has 0 unspecified atom stereocenters. The van der Waals surface area contributed by atoms with Crippen molar-refractivity contribution in [2.75, 3.05) is 10.6 Å². The number of pyridine rings is 1. The highest BCUT2D eigenvalue weighted by atomic mass is 32.2. The minimum Gasteiger partial charge on any atom is -0.340 e. The van der Waals surface area contributed by atoms with E-state index in [-0.39, 0.29) is 16.4 Å². The molecular weight excluding hydrogens is 414 g/mol. The molecule has 0 bridgehead atoms. The number of nitrogens with one attached hydrogen (secondary N) is 2. The summed E-state index contributed by atoms with van der Waals surface area (Å²) in [5.41, 5.74) is 2.92. The van der Waals surface area contributed by atoms with Gasteiger partial charge in [0.05, 0.1) is 17.5 Å². The molecule has 5 rings (SSSR count). The summed E-state index contributed by atoms with van der Waals surface area (Å²) in [7, 11) is -3.98. The summed E-state index contributed by atoms with van der Waals surface area (Å²) in [6.45, 7) is 0. The molecule has 0 radical (unpaired) electrons. The maximum atomic E-state index is 13.2. The zero-order valence-electron chi connectivity index (χ0n) is 16.0. The van der Waals surface area contributed by atoms with E-state index in [0.717, 1.165) is 20.9 Å². The largest absolute Gasteiger partial charge is 0.340 e. The summed E-state index contributed by atoms with van der Waals surface area (Å²) in [5.74, 6) is 0.404. The summed E-state index contributed by atoms with van der Waals surface area (Å²) >= 11 is 0.